The third-order valence-electron chi connectivity index (χ3n) is 5.28. The molecule has 2 aromatic rings. The third-order valence-corrected chi connectivity index (χ3v) is 5.28. The molecule has 0 aliphatic carbocycles. The van der Waals surface area contributed by atoms with Crippen LogP contribution in [-0.4, -0.2) is 53.5 Å². The number of carbonyl (C=O) groups excluding carboxylic acids is 3. The molecule has 0 aliphatic rings. The molecule has 3 amide bonds. The maximum absolute atomic E-state index is 12.8. The van der Waals surface area contributed by atoms with E-state index in [4.69, 9.17) is 5.73 Å². The van der Waals surface area contributed by atoms with Gasteiger partial charge in [0.05, 0.1) is 12.6 Å². The molecule has 0 saturated carbocycles. The SMILES string of the molecule is CC(C)C(N)C(=O)NC(Cc1ccccc1)C(=O)NCC(=O)NC(Cc1ccccc1)C(=O)O. The Labute approximate surface area is 199 Å². The van der Waals surface area contributed by atoms with Crippen molar-refractivity contribution in [2.24, 2.45) is 11.7 Å². The second kappa shape index (κ2) is 13.1. The molecule has 9 heteroatoms. The highest BCUT2D eigenvalue weighted by Crippen LogP contribution is 2.06. The number of carboxylic acids is 1. The van der Waals surface area contributed by atoms with Crippen molar-refractivity contribution in [3.8, 4) is 0 Å². The standard InChI is InChI=1S/C25H32N4O5/c1-16(2)22(26)24(32)29-19(13-17-9-5-3-6-10-17)23(31)27-15-21(30)28-20(25(33)34)14-18-11-7-4-8-12-18/h3-12,16,19-20,22H,13-15,26H2,1-2H3,(H,27,31)(H,28,30)(H,29,32)(H,33,34). The van der Waals surface area contributed by atoms with Crippen molar-refractivity contribution in [3.63, 3.8) is 0 Å². The van der Waals surface area contributed by atoms with Gasteiger partial charge in [-0.15, -0.1) is 0 Å². The zero-order chi connectivity index (χ0) is 25.1. The lowest BCUT2D eigenvalue weighted by molar-refractivity contribution is -0.141. The Bertz CT molecular complexity index is 966. The van der Waals surface area contributed by atoms with Gasteiger partial charge in [0.25, 0.3) is 0 Å². The van der Waals surface area contributed by atoms with Gasteiger partial charge in [-0.1, -0.05) is 74.5 Å². The van der Waals surface area contributed by atoms with Crippen LogP contribution in [0.3, 0.4) is 0 Å². The average Bonchev–Trinajstić information content (AvgIpc) is 2.82. The molecule has 2 aromatic carbocycles. The van der Waals surface area contributed by atoms with Crippen molar-refractivity contribution in [2.45, 2.75) is 44.8 Å². The van der Waals surface area contributed by atoms with Crippen LogP contribution in [0.1, 0.15) is 25.0 Å². The van der Waals surface area contributed by atoms with E-state index in [2.05, 4.69) is 16.0 Å². The highest BCUT2D eigenvalue weighted by Gasteiger charge is 2.26. The molecule has 0 radical (unpaired) electrons. The zero-order valence-electron chi connectivity index (χ0n) is 19.4. The van der Waals surface area contributed by atoms with Crippen molar-refractivity contribution in [2.75, 3.05) is 6.54 Å². The fraction of sp³-hybridized carbons (Fsp3) is 0.360. The molecule has 2 rings (SSSR count). The Kier molecular flexibility index (Phi) is 10.2. The summed E-state index contributed by atoms with van der Waals surface area (Å²) in [6, 6.07) is 15.1. The Morgan fingerprint density at radius 3 is 1.76 bits per heavy atom. The van der Waals surface area contributed by atoms with Crippen LogP contribution in [0.2, 0.25) is 0 Å². The van der Waals surface area contributed by atoms with E-state index >= 15 is 0 Å². The lowest BCUT2D eigenvalue weighted by Gasteiger charge is -2.22. The van der Waals surface area contributed by atoms with Gasteiger partial charge in [-0.2, -0.15) is 0 Å². The summed E-state index contributed by atoms with van der Waals surface area (Å²) in [5.41, 5.74) is 7.48. The molecule has 34 heavy (non-hydrogen) atoms. The Morgan fingerprint density at radius 1 is 0.794 bits per heavy atom. The summed E-state index contributed by atoms with van der Waals surface area (Å²) in [7, 11) is 0. The number of nitrogens with two attached hydrogens (primary N) is 1. The first-order chi connectivity index (χ1) is 16.2. The van der Waals surface area contributed by atoms with Crippen molar-refractivity contribution in [1.82, 2.24) is 16.0 Å². The molecule has 3 unspecified atom stereocenters. The van der Waals surface area contributed by atoms with Crippen LogP contribution in [0.25, 0.3) is 0 Å². The largest absolute Gasteiger partial charge is 0.480 e. The third kappa shape index (κ3) is 8.67. The monoisotopic (exact) mass is 468 g/mol. The fourth-order valence-electron chi connectivity index (χ4n) is 3.22. The van der Waals surface area contributed by atoms with Gasteiger partial charge >= 0.3 is 5.97 Å². The number of amides is 3. The van der Waals surface area contributed by atoms with Crippen LogP contribution >= 0.6 is 0 Å². The number of hydrogen-bond acceptors (Lipinski definition) is 5. The molecule has 0 heterocycles. The molecular weight excluding hydrogens is 436 g/mol. The predicted octanol–water partition coefficient (Wildman–Crippen LogP) is 0.626. The van der Waals surface area contributed by atoms with E-state index in [0.29, 0.717) is 0 Å². The van der Waals surface area contributed by atoms with Crippen molar-refractivity contribution in [3.05, 3.63) is 71.8 Å². The Hall–Kier alpha value is -3.72. The van der Waals surface area contributed by atoms with Crippen LogP contribution in [-0.2, 0) is 32.0 Å². The smallest absolute Gasteiger partial charge is 0.326 e. The summed E-state index contributed by atoms with van der Waals surface area (Å²) in [6.07, 6.45) is 0.312. The number of carboxylic acid groups (broad SMARTS) is 1. The van der Waals surface area contributed by atoms with Gasteiger partial charge in [0.1, 0.15) is 12.1 Å². The zero-order valence-corrected chi connectivity index (χ0v) is 19.4. The topological polar surface area (TPSA) is 151 Å². The first-order valence-electron chi connectivity index (χ1n) is 11.1. The first kappa shape index (κ1) is 26.5. The van der Waals surface area contributed by atoms with Crippen LogP contribution < -0.4 is 21.7 Å². The quantitative estimate of drug-likeness (QED) is 0.308. The fourth-order valence-corrected chi connectivity index (χ4v) is 3.22. The summed E-state index contributed by atoms with van der Waals surface area (Å²) in [5.74, 6) is -2.99. The molecular formula is C25H32N4O5. The minimum Gasteiger partial charge on any atom is -0.480 e. The maximum atomic E-state index is 12.8. The number of aliphatic carboxylic acids is 1. The van der Waals surface area contributed by atoms with Crippen LogP contribution in [0, 0.1) is 5.92 Å². The lowest BCUT2D eigenvalue weighted by atomic mass is 10.0. The van der Waals surface area contributed by atoms with E-state index in [0.717, 1.165) is 11.1 Å². The van der Waals surface area contributed by atoms with E-state index in [1.165, 1.54) is 0 Å². The number of carbonyl (C=O) groups is 4. The molecule has 3 atom stereocenters. The highest BCUT2D eigenvalue weighted by molar-refractivity contribution is 5.92. The van der Waals surface area contributed by atoms with Crippen molar-refractivity contribution >= 4 is 23.7 Å². The minimum absolute atomic E-state index is 0.107. The van der Waals surface area contributed by atoms with Gasteiger partial charge in [0.15, 0.2) is 0 Å². The van der Waals surface area contributed by atoms with Crippen molar-refractivity contribution in [1.29, 1.82) is 0 Å². The second-order valence-electron chi connectivity index (χ2n) is 8.39. The molecule has 0 bridgehead atoms. The normalized spacial score (nSPS) is 13.4. The number of rotatable bonds is 12. The van der Waals surface area contributed by atoms with Crippen LogP contribution in [0.5, 0.6) is 0 Å². The van der Waals surface area contributed by atoms with Gasteiger partial charge in [-0.05, 0) is 17.0 Å². The molecule has 182 valence electrons. The second-order valence-corrected chi connectivity index (χ2v) is 8.39. The molecule has 0 aromatic heterocycles. The molecule has 0 aliphatic heterocycles. The van der Waals surface area contributed by atoms with E-state index in [9.17, 15) is 24.3 Å². The van der Waals surface area contributed by atoms with Gasteiger partial charge < -0.3 is 26.8 Å². The Balaban J connectivity index is 2.00. The van der Waals surface area contributed by atoms with Gasteiger partial charge in [0, 0.05) is 12.8 Å². The summed E-state index contributed by atoms with van der Waals surface area (Å²) in [6.45, 7) is 3.17. The van der Waals surface area contributed by atoms with Crippen LogP contribution in [0.4, 0.5) is 0 Å². The summed E-state index contributed by atoms with van der Waals surface area (Å²) < 4.78 is 0. The van der Waals surface area contributed by atoms with Crippen LogP contribution in [0.15, 0.2) is 60.7 Å². The highest BCUT2D eigenvalue weighted by atomic mass is 16.4. The lowest BCUT2D eigenvalue weighted by Crippen LogP contribution is -2.55. The minimum atomic E-state index is -1.18. The summed E-state index contributed by atoms with van der Waals surface area (Å²) in [5, 5.41) is 17.0. The van der Waals surface area contributed by atoms with Gasteiger partial charge in [-0.25, -0.2) is 4.79 Å². The molecule has 0 spiro atoms. The summed E-state index contributed by atoms with van der Waals surface area (Å²) in [4.78, 5) is 49.2. The molecule has 6 N–H and O–H groups in total. The van der Waals surface area contributed by atoms with Crippen molar-refractivity contribution < 1.29 is 24.3 Å². The Morgan fingerprint density at radius 2 is 1.29 bits per heavy atom. The first-order valence-corrected chi connectivity index (χ1v) is 11.1. The van der Waals surface area contributed by atoms with E-state index in [-0.39, 0.29) is 18.8 Å². The molecule has 0 fully saturated rings. The molecule has 9 nitrogen and oxygen atoms in total. The summed E-state index contributed by atoms with van der Waals surface area (Å²) >= 11 is 0. The van der Waals surface area contributed by atoms with Gasteiger partial charge in [-0.3, -0.25) is 14.4 Å². The molecule has 0 saturated heterocycles. The number of nitrogens with one attached hydrogen (secondary N) is 3. The van der Waals surface area contributed by atoms with E-state index < -0.39 is 48.4 Å². The predicted molar refractivity (Wildman–Crippen MR) is 128 cm³/mol. The van der Waals surface area contributed by atoms with E-state index in [1.807, 2.05) is 36.4 Å². The van der Waals surface area contributed by atoms with E-state index in [1.54, 1.807) is 38.1 Å². The number of benzene rings is 2. The average molecular weight is 469 g/mol. The van der Waals surface area contributed by atoms with Gasteiger partial charge in [0.2, 0.25) is 17.7 Å². The maximum Gasteiger partial charge on any atom is 0.326 e. The number of hydrogen-bond donors (Lipinski definition) is 5.